The number of carboxylic acid groups (broad SMARTS) is 1. The van der Waals surface area contributed by atoms with Crippen molar-refractivity contribution in [3.63, 3.8) is 0 Å². The Balaban J connectivity index is 2.14. The molecule has 1 aromatic heterocycles. The van der Waals surface area contributed by atoms with Crippen molar-refractivity contribution in [3.05, 3.63) is 83.2 Å². The van der Waals surface area contributed by atoms with Gasteiger partial charge in [-0.05, 0) is 36.2 Å². The maximum absolute atomic E-state index is 14.1. The van der Waals surface area contributed by atoms with E-state index in [2.05, 4.69) is 0 Å². The molecule has 0 amide bonds. The van der Waals surface area contributed by atoms with Gasteiger partial charge in [-0.3, -0.25) is 0 Å². The molecule has 3 rings (SSSR count). The van der Waals surface area contributed by atoms with E-state index in [1.54, 1.807) is 17.7 Å². The maximum atomic E-state index is 14.1. The quantitative estimate of drug-likeness (QED) is 0.767. The highest BCUT2D eigenvalue weighted by molar-refractivity contribution is 5.91. The van der Waals surface area contributed by atoms with E-state index < -0.39 is 17.6 Å². The third-order valence-corrected chi connectivity index (χ3v) is 3.95. The zero-order valence-electron chi connectivity index (χ0n) is 13.0. The summed E-state index contributed by atoms with van der Waals surface area (Å²) < 4.78 is 29.1. The van der Waals surface area contributed by atoms with Crippen molar-refractivity contribution in [3.8, 4) is 11.1 Å². The van der Waals surface area contributed by atoms with Gasteiger partial charge in [0.15, 0.2) is 0 Å². The first-order chi connectivity index (χ1) is 11.5. The number of benzene rings is 2. The molecule has 2 aromatic carbocycles. The van der Waals surface area contributed by atoms with Crippen LogP contribution < -0.4 is 0 Å². The van der Waals surface area contributed by atoms with Crippen LogP contribution in [0.5, 0.6) is 0 Å². The van der Waals surface area contributed by atoms with Crippen molar-refractivity contribution in [1.82, 2.24) is 4.57 Å². The summed E-state index contributed by atoms with van der Waals surface area (Å²) >= 11 is 0. The molecular formula is C19H15F2NO2. The first-order valence-corrected chi connectivity index (χ1v) is 7.39. The third kappa shape index (κ3) is 2.93. The molecule has 3 aromatic rings. The van der Waals surface area contributed by atoms with Crippen LogP contribution in [0.4, 0.5) is 8.78 Å². The summed E-state index contributed by atoms with van der Waals surface area (Å²) in [4.78, 5) is 11.6. The van der Waals surface area contributed by atoms with Gasteiger partial charge in [-0.25, -0.2) is 13.6 Å². The number of hydrogen-bond acceptors (Lipinski definition) is 1. The van der Waals surface area contributed by atoms with Gasteiger partial charge in [-0.2, -0.15) is 0 Å². The van der Waals surface area contributed by atoms with E-state index in [4.69, 9.17) is 0 Å². The van der Waals surface area contributed by atoms with E-state index in [1.165, 1.54) is 0 Å². The summed E-state index contributed by atoms with van der Waals surface area (Å²) in [6.07, 6.45) is 1.56. The number of carboxylic acids is 1. The molecule has 3 nitrogen and oxygen atoms in total. The summed E-state index contributed by atoms with van der Waals surface area (Å²) in [6.45, 7) is 1.94. The van der Waals surface area contributed by atoms with Crippen LogP contribution in [-0.2, 0) is 6.54 Å². The second kappa shape index (κ2) is 6.28. The van der Waals surface area contributed by atoms with Crippen molar-refractivity contribution in [1.29, 1.82) is 0 Å². The zero-order chi connectivity index (χ0) is 17.3. The standard InChI is InChI=1S/C19H15F2NO2/c1-12-16(15-9-14(20)7-8-17(15)21)11-22(18(12)19(23)24)10-13-5-3-2-4-6-13/h2-9,11H,10H2,1H3,(H,23,24). The Morgan fingerprint density at radius 2 is 1.79 bits per heavy atom. The molecule has 0 bridgehead atoms. The lowest BCUT2D eigenvalue weighted by Gasteiger charge is -2.06. The smallest absolute Gasteiger partial charge is 0.352 e. The molecule has 0 aliphatic carbocycles. The topological polar surface area (TPSA) is 42.2 Å². The van der Waals surface area contributed by atoms with Crippen molar-refractivity contribution in [2.24, 2.45) is 0 Å². The van der Waals surface area contributed by atoms with E-state index in [-0.39, 0.29) is 11.3 Å². The van der Waals surface area contributed by atoms with E-state index in [0.717, 1.165) is 23.8 Å². The average Bonchev–Trinajstić information content (AvgIpc) is 2.87. The lowest BCUT2D eigenvalue weighted by atomic mass is 10.0. The molecule has 0 unspecified atom stereocenters. The van der Waals surface area contributed by atoms with Crippen molar-refractivity contribution < 1.29 is 18.7 Å². The number of rotatable bonds is 4. The predicted octanol–water partition coefficient (Wildman–Crippen LogP) is 4.49. The molecule has 5 heteroatoms. The minimum Gasteiger partial charge on any atom is -0.477 e. The number of halogens is 2. The summed E-state index contributed by atoms with van der Waals surface area (Å²) in [6, 6.07) is 12.5. The highest BCUT2D eigenvalue weighted by atomic mass is 19.1. The maximum Gasteiger partial charge on any atom is 0.352 e. The van der Waals surface area contributed by atoms with Gasteiger partial charge in [-0.15, -0.1) is 0 Å². The minimum atomic E-state index is -1.11. The number of carbonyl (C=O) groups is 1. The van der Waals surface area contributed by atoms with Gasteiger partial charge in [0.1, 0.15) is 17.3 Å². The van der Waals surface area contributed by atoms with Crippen LogP contribution in [-0.4, -0.2) is 15.6 Å². The van der Waals surface area contributed by atoms with Gasteiger partial charge in [0.2, 0.25) is 0 Å². The van der Waals surface area contributed by atoms with Gasteiger partial charge >= 0.3 is 5.97 Å². The van der Waals surface area contributed by atoms with Gasteiger partial charge in [-0.1, -0.05) is 30.3 Å². The van der Waals surface area contributed by atoms with Gasteiger partial charge < -0.3 is 9.67 Å². The van der Waals surface area contributed by atoms with Gasteiger partial charge in [0.05, 0.1) is 0 Å². The Hall–Kier alpha value is -2.95. The van der Waals surface area contributed by atoms with Gasteiger partial charge in [0, 0.05) is 23.9 Å². The molecule has 0 saturated heterocycles. The predicted molar refractivity (Wildman–Crippen MR) is 87.0 cm³/mol. The zero-order valence-corrected chi connectivity index (χ0v) is 13.0. The highest BCUT2D eigenvalue weighted by Crippen LogP contribution is 2.31. The number of nitrogens with zero attached hydrogens (tertiary/aromatic N) is 1. The summed E-state index contributed by atoms with van der Waals surface area (Å²) in [5, 5.41) is 9.52. The number of aromatic nitrogens is 1. The summed E-state index contributed by atoms with van der Waals surface area (Å²) in [5.74, 6) is -2.27. The normalized spacial score (nSPS) is 10.8. The van der Waals surface area contributed by atoms with Crippen LogP contribution in [0.15, 0.2) is 54.7 Å². The number of aromatic carboxylic acids is 1. The molecule has 0 aliphatic heterocycles. The van der Waals surface area contributed by atoms with Crippen LogP contribution in [0.1, 0.15) is 21.6 Å². The number of hydrogen-bond donors (Lipinski definition) is 1. The molecule has 0 saturated carbocycles. The Kier molecular flexibility index (Phi) is 4.16. The summed E-state index contributed by atoms with van der Waals surface area (Å²) in [7, 11) is 0. The largest absolute Gasteiger partial charge is 0.477 e. The minimum absolute atomic E-state index is 0.0572. The molecule has 0 spiro atoms. The van der Waals surface area contributed by atoms with E-state index >= 15 is 0 Å². The second-order valence-electron chi connectivity index (χ2n) is 5.56. The van der Waals surface area contributed by atoms with Crippen LogP contribution >= 0.6 is 0 Å². The molecule has 0 fully saturated rings. The Morgan fingerprint density at radius 3 is 2.46 bits per heavy atom. The SMILES string of the molecule is Cc1c(-c2cc(F)ccc2F)cn(Cc2ccccc2)c1C(=O)O. The van der Waals surface area contributed by atoms with Crippen molar-refractivity contribution >= 4 is 5.97 Å². The van der Waals surface area contributed by atoms with Crippen molar-refractivity contribution in [2.75, 3.05) is 0 Å². The van der Waals surface area contributed by atoms with E-state index in [9.17, 15) is 18.7 Å². The first kappa shape index (κ1) is 15.9. The Morgan fingerprint density at radius 1 is 1.08 bits per heavy atom. The Bertz CT molecular complexity index is 901. The molecule has 122 valence electrons. The molecule has 0 atom stereocenters. The molecule has 1 heterocycles. The van der Waals surface area contributed by atoms with Crippen molar-refractivity contribution in [2.45, 2.75) is 13.5 Å². The van der Waals surface area contributed by atoms with Crippen LogP contribution in [0, 0.1) is 18.6 Å². The second-order valence-corrected chi connectivity index (χ2v) is 5.56. The average molecular weight is 327 g/mol. The molecule has 0 aliphatic rings. The Labute approximate surface area is 137 Å². The fourth-order valence-electron chi connectivity index (χ4n) is 2.82. The lowest BCUT2D eigenvalue weighted by Crippen LogP contribution is -2.09. The van der Waals surface area contributed by atoms with Crippen LogP contribution in [0.2, 0.25) is 0 Å². The highest BCUT2D eigenvalue weighted by Gasteiger charge is 2.21. The van der Waals surface area contributed by atoms with Gasteiger partial charge in [0.25, 0.3) is 0 Å². The monoisotopic (exact) mass is 327 g/mol. The molecular weight excluding hydrogens is 312 g/mol. The first-order valence-electron chi connectivity index (χ1n) is 7.39. The molecule has 1 N–H and O–H groups in total. The fourth-order valence-corrected chi connectivity index (χ4v) is 2.82. The van der Waals surface area contributed by atoms with E-state index in [1.807, 2.05) is 30.3 Å². The molecule has 24 heavy (non-hydrogen) atoms. The summed E-state index contributed by atoms with van der Waals surface area (Å²) in [5.41, 5.74) is 1.82. The fraction of sp³-hybridized carbons (Fsp3) is 0.105. The lowest BCUT2D eigenvalue weighted by molar-refractivity contribution is 0.0685. The molecule has 0 radical (unpaired) electrons. The van der Waals surface area contributed by atoms with E-state index in [0.29, 0.717) is 17.7 Å². The third-order valence-electron chi connectivity index (χ3n) is 3.95. The van der Waals surface area contributed by atoms with Crippen LogP contribution in [0.25, 0.3) is 11.1 Å². The van der Waals surface area contributed by atoms with Crippen LogP contribution in [0.3, 0.4) is 0 Å².